The number of aliphatic hydroxyl groups excluding tert-OH is 1. The van der Waals surface area contributed by atoms with Gasteiger partial charge in [-0.1, -0.05) is 41.5 Å². The molecule has 0 aliphatic rings. The fourth-order valence-electron chi connectivity index (χ4n) is 2.29. The summed E-state index contributed by atoms with van der Waals surface area (Å²) in [6, 6.07) is 11.7. The second-order valence-corrected chi connectivity index (χ2v) is 4.42. The van der Waals surface area contributed by atoms with Crippen LogP contribution in [0, 0.1) is 20.4 Å². The van der Waals surface area contributed by atoms with Gasteiger partial charge in [0.2, 0.25) is 0 Å². The summed E-state index contributed by atoms with van der Waals surface area (Å²) in [5, 5.41) is 9.19. The van der Waals surface area contributed by atoms with Crippen molar-refractivity contribution >= 4 is 5.69 Å². The van der Waals surface area contributed by atoms with Crippen LogP contribution in [-0.4, -0.2) is 5.11 Å². The summed E-state index contributed by atoms with van der Waals surface area (Å²) in [6.07, 6.45) is 0. The molecule has 2 heteroatoms. The van der Waals surface area contributed by atoms with Gasteiger partial charge in [-0.15, -0.1) is 0 Å². The van der Waals surface area contributed by atoms with Gasteiger partial charge in [0.1, 0.15) is 0 Å². The first kappa shape index (κ1) is 12.3. The predicted molar refractivity (Wildman–Crippen MR) is 73.5 cm³/mol. The molecule has 0 spiro atoms. The first-order valence-corrected chi connectivity index (χ1v) is 5.84. The molecule has 1 N–H and O–H groups in total. The van der Waals surface area contributed by atoms with E-state index in [9.17, 15) is 5.11 Å². The molecule has 0 fully saturated rings. The average molecular weight is 237 g/mol. The predicted octanol–water partition coefficient (Wildman–Crippen LogP) is 4.01. The van der Waals surface area contributed by atoms with Crippen molar-refractivity contribution in [3.8, 4) is 11.1 Å². The minimum atomic E-state index is 0.0477. The summed E-state index contributed by atoms with van der Waals surface area (Å²) in [5.41, 5.74) is 6.01. The molecule has 0 saturated carbocycles. The maximum atomic E-state index is 9.19. The van der Waals surface area contributed by atoms with Crippen molar-refractivity contribution in [1.82, 2.24) is 0 Å². The molecule has 0 radical (unpaired) electrons. The van der Waals surface area contributed by atoms with E-state index in [4.69, 9.17) is 6.57 Å². The molecule has 0 unspecified atom stereocenters. The largest absolute Gasteiger partial charge is 0.392 e. The van der Waals surface area contributed by atoms with Crippen molar-refractivity contribution in [2.75, 3.05) is 0 Å². The lowest BCUT2D eigenvalue weighted by Gasteiger charge is -2.12. The number of aryl methyl sites for hydroxylation is 2. The van der Waals surface area contributed by atoms with Crippen LogP contribution in [0.5, 0.6) is 0 Å². The van der Waals surface area contributed by atoms with Gasteiger partial charge in [-0.25, -0.2) is 4.85 Å². The third-order valence-corrected chi connectivity index (χ3v) is 3.04. The second-order valence-electron chi connectivity index (χ2n) is 4.42. The Morgan fingerprint density at radius 3 is 2.33 bits per heavy atom. The van der Waals surface area contributed by atoms with Gasteiger partial charge in [0.15, 0.2) is 5.69 Å². The zero-order valence-electron chi connectivity index (χ0n) is 10.6. The first-order valence-electron chi connectivity index (χ1n) is 5.84. The highest BCUT2D eigenvalue weighted by atomic mass is 16.3. The molecule has 18 heavy (non-hydrogen) atoms. The van der Waals surface area contributed by atoms with Crippen LogP contribution >= 0.6 is 0 Å². The standard InChI is InChI=1S/C16H15NO/c1-11-7-15(17-3)8-12(2)16(11)14-6-4-5-13(9-14)10-18/h4-9,18H,10H2,1-2H3. The van der Waals surface area contributed by atoms with E-state index in [-0.39, 0.29) is 6.61 Å². The van der Waals surface area contributed by atoms with Crippen molar-refractivity contribution in [1.29, 1.82) is 0 Å². The zero-order valence-corrected chi connectivity index (χ0v) is 10.6. The summed E-state index contributed by atoms with van der Waals surface area (Å²) in [5.74, 6) is 0. The number of nitrogens with zero attached hydrogens (tertiary/aromatic N) is 1. The Morgan fingerprint density at radius 2 is 1.78 bits per heavy atom. The van der Waals surface area contributed by atoms with E-state index < -0.39 is 0 Å². The van der Waals surface area contributed by atoms with E-state index in [2.05, 4.69) is 4.85 Å². The van der Waals surface area contributed by atoms with Gasteiger partial charge >= 0.3 is 0 Å². The summed E-state index contributed by atoms with van der Waals surface area (Å²) in [4.78, 5) is 3.47. The van der Waals surface area contributed by atoms with Crippen LogP contribution in [0.3, 0.4) is 0 Å². The van der Waals surface area contributed by atoms with Crippen LogP contribution in [0.25, 0.3) is 16.0 Å². The van der Waals surface area contributed by atoms with Crippen LogP contribution in [-0.2, 0) is 6.61 Å². The maximum absolute atomic E-state index is 9.19. The third-order valence-electron chi connectivity index (χ3n) is 3.04. The summed E-state index contributed by atoms with van der Waals surface area (Å²) in [6.45, 7) is 11.1. The Morgan fingerprint density at radius 1 is 1.11 bits per heavy atom. The smallest absolute Gasteiger partial charge is 0.187 e. The molecule has 2 rings (SSSR count). The fourth-order valence-corrected chi connectivity index (χ4v) is 2.29. The molecule has 0 amide bonds. The van der Waals surface area contributed by atoms with Gasteiger partial charge in [0.05, 0.1) is 13.2 Å². The van der Waals surface area contributed by atoms with Gasteiger partial charge in [0, 0.05) is 0 Å². The van der Waals surface area contributed by atoms with Gasteiger partial charge < -0.3 is 5.11 Å². The molecule has 2 nitrogen and oxygen atoms in total. The summed E-state index contributed by atoms with van der Waals surface area (Å²) >= 11 is 0. The lowest BCUT2D eigenvalue weighted by molar-refractivity contribution is 0.282. The van der Waals surface area contributed by atoms with E-state index in [0.29, 0.717) is 5.69 Å². The van der Waals surface area contributed by atoms with Crippen LogP contribution in [0.2, 0.25) is 0 Å². The third kappa shape index (κ3) is 2.27. The molecule has 0 atom stereocenters. The van der Waals surface area contributed by atoms with Gasteiger partial charge in [-0.3, -0.25) is 0 Å². The maximum Gasteiger partial charge on any atom is 0.187 e. The van der Waals surface area contributed by atoms with E-state index in [0.717, 1.165) is 27.8 Å². The van der Waals surface area contributed by atoms with E-state index >= 15 is 0 Å². The fraction of sp³-hybridized carbons (Fsp3) is 0.188. The molecule has 0 aliphatic carbocycles. The molecule has 90 valence electrons. The Kier molecular flexibility index (Phi) is 3.45. The number of aliphatic hydroxyl groups is 1. The van der Waals surface area contributed by atoms with Crippen LogP contribution < -0.4 is 0 Å². The van der Waals surface area contributed by atoms with Gasteiger partial charge in [-0.2, -0.15) is 0 Å². The van der Waals surface area contributed by atoms with Crippen LogP contribution in [0.4, 0.5) is 5.69 Å². The molecular weight excluding hydrogens is 222 g/mol. The minimum absolute atomic E-state index is 0.0477. The van der Waals surface area contributed by atoms with E-state index in [1.807, 2.05) is 50.2 Å². The average Bonchev–Trinajstić information content (AvgIpc) is 2.38. The topological polar surface area (TPSA) is 24.6 Å². The highest BCUT2D eigenvalue weighted by molar-refractivity contribution is 5.74. The SMILES string of the molecule is [C-]#[N+]c1cc(C)c(-c2cccc(CO)c2)c(C)c1. The second kappa shape index (κ2) is 5.03. The lowest BCUT2D eigenvalue weighted by Crippen LogP contribution is -1.90. The van der Waals surface area contributed by atoms with Crippen molar-refractivity contribution in [2.24, 2.45) is 0 Å². The Balaban J connectivity index is 2.60. The first-order chi connectivity index (χ1) is 8.65. The number of hydrogen-bond donors (Lipinski definition) is 1. The number of hydrogen-bond acceptors (Lipinski definition) is 1. The van der Waals surface area contributed by atoms with Crippen molar-refractivity contribution in [3.05, 3.63) is 64.5 Å². The normalized spacial score (nSPS) is 10.1. The van der Waals surface area contributed by atoms with E-state index in [1.54, 1.807) is 0 Å². The van der Waals surface area contributed by atoms with E-state index in [1.165, 1.54) is 0 Å². The molecule has 0 aromatic heterocycles. The summed E-state index contributed by atoms with van der Waals surface area (Å²) in [7, 11) is 0. The summed E-state index contributed by atoms with van der Waals surface area (Å²) < 4.78 is 0. The van der Waals surface area contributed by atoms with Crippen molar-refractivity contribution < 1.29 is 5.11 Å². The molecule has 0 aliphatic heterocycles. The Labute approximate surface area is 107 Å². The molecule has 2 aromatic carbocycles. The highest BCUT2D eigenvalue weighted by Gasteiger charge is 2.08. The van der Waals surface area contributed by atoms with Crippen LogP contribution in [0.1, 0.15) is 16.7 Å². The highest BCUT2D eigenvalue weighted by Crippen LogP contribution is 2.31. The molecular formula is C16H15NO. The lowest BCUT2D eigenvalue weighted by atomic mass is 9.94. The van der Waals surface area contributed by atoms with Gasteiger partial charge in [-0.05, 0) is 36.6 Å². The Bertz CT molecular complexity index is 600. The zero-order chi connectivity index (χ0) is 13.1. The molecule has 0 heterocycles. The minimum Gasteiger partial charge on any atom is -0.392 e. The monoisotopic (exact) mass is 237 g/mol. The molecule has 2 aromatic rings. The van der Waals surface area contributed by atoms with Gasteiger partial charge in [0.25, 0.3) is 0 Å². The number of rotatable bonds is 2. The van der Waals surface area contributed by atoms with Crippen molar-refractivity contribution in [2.45, 2.75) is 20.5 Å². The number of benzene rings is 2. The molecule has 0 bridgehead atoms. The van der Waals surface area contributed by atoms with Crippen molar-refractivity contribution in [3.63, 3.8) is 0 Å². The van der Waals surface area contributed by atoms with Crippen LogP contribution in [0.15, 0.2) is 36.4 Å². The molecule has 0 saturated heterocycles. The Hall–Kier alpha value is -2.11. The quantitative estimate of drug-likeness (QED) is 0.784.